The molecule has 2 aromatic heterocycles. The molecule has 0 fully saturated rings. The third-order valence-electron chi connectivity index (χ3n) is 2.37. The van der Waals surface area contributed by atoms with Gasteiger partial charge in [0.2, 0.25) is 0 Å². The molecule has 5 heteroatoms. The summed E-state index contributed by atoms with van der Waals surface area (Å²) in [6, 6.07) is 3.81. The first-order chi connectivity index (χ1) is 8.90. The molecule has 0 radical (unpaired) electrons. The second kappa shape index (κ2) is 5.01. The van der Waals surface area contributed by atoms with Crippen LogP contribution in [0.3, 0.4) is 0 Å². The van der Waals surface area contributed by atoms with Crippen molar-refractivity contribution < 1.29 is 0 Å². The Morgan fingerprint density at radius 2 is 1.95 bits per heavy atom. The molecule has 0 unspecified atom stereocenters. The molecule has 94 valence electrons. The summed E-state index contributed by atoms with van der Waals surface area (Å²) in [4.78, 5) is 8.40. The minimum absolute atomic E-state index is 0.365. The van der Waals surface area contributed by atoms with Gasteiger partial charge in [-0.2, -0.15) is 5.26 Å². The molecular formula is C14H12ClN3Si. The van der Waals surface area contributed by atoms with Crippen molar-refractivity contribution in [3.8, 4) is 17.5 Å². The van der Waals surface area contributed by atoms with Crippen molar-refractivity contribution in [2.45, 2.75) is 19.6 Å². The second-order valence-electron chi connectivity index (χ2n) is 5.18. The number of hydrogen-bond donors (Lipinski definition) is 0. The van der Waals surface area contributed by atoms with Gasteiger partial charge in [-0.25, -0.2) is 4.98 Å². The molecule has 19 heavy (non-hydrogen) atoms. The molecule has 0 aliphatic carbocycles. The molecule has 2 heterocycles. The van der Waals surface area contributed by atoms with Crippen LogP contribution < -0.4 is 0 Å². The maximum atomic E-state index is 8.94. The second-order valence-corrected chi connectivity index (χ2v) is 10.3. The number of aromatic nitrogens is 2. The van der Waals surface area contributed by atoms with Gasteiger partial charge in [0.15, 0.2) is 0 Å². The Morgan fingerprint density at radius 3 is 2.58 bits per heavy atom. The minimum Gasteiger partial charge on any atom is -0.253 e. The lowest BCUT2D eigenvalue weighted by atomic mass is 10.2. The van der Waals surface area contributed by atoms with Crippen molar-refractivity contribution in [2.75, 3.05) is 0 Å². The fourth-order valence-corrected chi connectivity index (χ4v) is 2.21. The molecule has 0 aliphatic rings. The van der Waals surface area contributed by atoms with E-state index < -0.39 is 8.07 Å². The average molecular weight is 286 g/mol. The summed E-state index contributed by atoms with van der Waals surface area (Å²) >= 11 is 6.17. The smallest absolute Gasteiger partial charge is 0.129 e. The van der Waals surface area contributed by atoms with Crippen molar-refractivity contribution in [3.05, 3.63) is 34.7 Å². The maximum Gasteiger partial charge on any atom is 0.129 e. The minimum atomic E-state index is -1.44. The van der Waals surface area contributed by atoms with Gasteiger partial charge in [-0.05, 0) is 6.07 Å². The molecule has 0 amide bonds. The molecule has 2 rings (SSSR count). The number of nitrogens with zero attached hydrogens (tertiary/aromatic N) is 3. The van der Waals surface area contributed by atoms with Crippen LogP contribution in [-0.2, 0) is 0 Å². The first-order valence-electron chi connectivity index (χ1n) is 5.78. The Kier molecular flexibility index (Phi) is 3.57. The van der Waals surface area contributed by atoms with Crippen LogP contribution in [0.4, 0.5) is 0 Å². The SMILES string of the molecule is C[Si](C)(C)C#Cc1cc2c(Cl)c(C#N)cnc2cn1. The van der Waals surface area contributed by atoms with Crippen molar-refractivity contribution in [1.29, 1.82) is 5.26 Å². The zero-order valence-electron chi connectivity index (χ0n) is 11.0. The highest BCUT2D eigenvalue weighted by atomic mass is 35.5. The van der Waals surface area contributed by atoms with Crippen LogP contribution in [0.1, 0.15) is 11.3 Å². The van der Waals surface area contributed by atoms with Crippen LogP contribution in [0.15, 0.2) is 18.5 Å². The summed E-state index contributed by atoms with van der Waals surface area (Å²) in [5, 5.41) is 10.1. The van der Waals surface area contributed by atoms with Crippen LogP contribution >= 0.6 is 11.6 Å². The van der Waals surface area contributed by atoms with E-state index in [0.29, 0.717) is 21.8 Å². The Balaban J connectivity index is 2.59. The van der Waals surface area contributed by atoms with Crippen LogP contribution in [0.5, 0.6) is 0 Å². The molecule has 0 aliphatic heterocycles. The first-order valence-corrected chi connectivity index (χ1v) is 9.66. The molecular weight excluding hydrogens is 274 g/mol. The van der Waals surface area contributed by atoms with Crippen molar-refractivity contribution in [1.82, 2.24) is 9.97 Å². The summed E-state index contributed by atoms with van der Waals surface area (Å²) in [6.45, 7) is 6.51. The van der Waals surface area contributed by atoms with E-state index in [1.165, 1.54) is 6.20 Å². The highest BCUT2D eigenvalue weighted by Gasteiger charge is 2.09. The summed E-state index contributed by atoms with van der Waals surface area (Å²) in [5.41, 5.74) is 4.94. The van der Waals surface area contributed by atoms with E-state index in [0.717, 1.165) is 5.39 Å². The lowest BCUT2D eigenvalue weighted by Gasteiger charge is -2.04. The molecule has 2 aromatic rings. The van der Waals surface area contributed by atoms with E-state index in [2.05, 4.69) is 41.1 Å². The van der Waals surface area contributed by atoms with Gasteiger partial charge in [0.05, 0.1) is 22.3 Å². The van der Waals surface area contributed by atoms with Crippen molar-refractivity contribution >= 4 is 30.6 Å². The molecule has 0 aromatic carbocycles. The molecule has 0 saturated carbocycles. The highest BCUT2D eigenvalue weighted by Crippen LogP contribution is 2.25. The van der Waals surface area contributed by atoms with Gasteiger partial charge in [-0.1, -0.05) is 37.2 Å². The van der Waals surface area contributed by atoms with Gasteiger partial charge >= 0.3 is 0 Å². The lowest BCUT2D eigenvalue weighted by molar-refractivity contribution is 1.27. The number of fused-ring (bicyclic) bond motifs is 1. The van der Waals surface area contributed by atoms with Crippen LogP contribution in [-0.4, -0.2) is 18.0 Å². The van der Waals surface area contributed by atoms with Crippen molar-refractivity contribution in [2.24, 2.45) is 0 Å². The van der Waals surface area contributed by atoms with Gasteiger partial charge in [-0.15, -0.1) is 5.54 Å². The predicted molar refractivity (Wildman–Crippen MR) is 79.5 cm³/mol. The first kappa shape index (κ1) is 13.5. The fourth-order valence-electron chi connectivity index (χ4n) is 1.46. The summed E-state index contributed by atoms with van der Waals surface area (Å²) < 4.78 is 0. The van der Waals surface area contributed by atoms with Crippen LogP contribution in [0.25, 0.3) is 10.9 Å². The third kappa shape index (κ3) is 3.11. The molecule has 0 N–H and O–H groups in total. The van der Waals surface area contributed by atoms with E-state index in [9.17, 15) is 0 Å². The van der Waals surface area contributed by atoms with Crippen LogP contribution in [0, 0.1) is 22.8 Å². The van der Waals surface area contributed by atoms with E-state index in [4.69, 9.17) is 16.9 Å². The fraction of sp³-hybridized carbons (Fsp3) is 0.214. The number of pyridine rings is 2. The standard InChI is InChI=1S/C14H12ClN3Si/c1-19(2,3)5-4-11-6-12-13(9-17-11)18-8-10(7-16)14(12)15/h6,8-9H,1-3H3. The third-order valence-corrected chi connectivity index (χ3v) is 3.66. The molecule has 0 saturated heterocycles. The number of rotatable bonds is 0. The molecule has 0 spiro atoms. The Morgan fingerprint density at radius 1 is 1.21 bits per heavy atom. The lowest BCUT2D eigenvalue weighted by Crippen LogP contribution is -2.16. The zero-order chi connectivity index (χ0) is 14.0. The summed E-state index contributed by atoms with van der Waals surface area (Å²) in [6.07, 6.45) is 3.09. The van der Waals surface area contributed by atoms with Gasteiger partial charge in [-0.3, -0.25) is 4.98 Å². The molecule has 0 bridgehead atoms. The monoisotopic (exact) mass is 285 g/mol. The summed E-state index contributed by atoms with van der Waals surface area (Å²) in [5.74, 6) is 3.07. The molecule has 0 atom stereocenters. The Bertz CT molecular complexity index is 745. The van der Waals surface area contributed by atoms with E-state index in [1.54, 1.807) is 12.3 Å². The van der Waals surface area contributed by atoms with Crippen LogP contribution in [0.2, 0.25) is 24.7 Å². The Labute approximate surface area is 118 Å². The van der Waals surface area contributed by atoms with Gasteiger partial charge < -0.3 is 0 Å². The van der Waals surface area contributed by atoms with Gasteiger partial charge in [0.1, 0.15) is 19.8 Å². The maximum absolute atomic E-state index is 8.94. The Hall–Kier alpha value is -1.88. The average Bonchev–Trinajstić information content (AvgIpc) is 2.36. The van der Waals surface area contributed by atoms with Gasteiger partial charge in [0.25, 0.3) is 0 Å². The van der Waals surface area contributed by atoms with Gasteiger partial charge in [0, 0.05) is 11.6 Å². The number of nitriles is 1. The summed E-state index contributed by atoms with van der Waals surface area (Å²) in [7, 11) is -1.44. The molecule has 3 nitrogen and oxygen atoms in total. The zero-order valence-corrected chi connectivity index (χ0v) is 12.7. The predicted octanol–water partition coefficient (Wildman–Crippen LogP) is 3.38. The highest BCUT2D eigenvalue weighted by molar-refractivity contribution is 6.83. The quantitative estimate of drug-likeness (QED) is 0.551. The van der Waals surface area contributed by atoms with Crippen molar-refractivity contribution in [3.63, 3.8) is 0 Å². The number of hydrogen-bond acceptors (Lipinski definition) is 3. The number of halogens is 1. The normalized spacial score (nSPS) is 10.7. The largest absolute Gasteiger partial charge is 0.253 e. The van der Waals surface area contributed by atoms with E-state index >= 15 is 0 Å². The van der Waals surface area contributed by atoms with E-state index in [-0.39, 0.29) is 0 Å². The topological polar surface area (TPSA) is 49.6 Å². The van der Waals surface area contributed by atoms with E-state index in [1.807, 2.05) is 6.07 Å².